The summed E-state index contributed by atoms with van der Waals surface area (Å²) in [5, 5.41) is 6.69. The van der Waals surface area contributed by atoms with Gasteiger partial charge in [0, 0.05) is 39.2 Å². The summed E-state index contributed by atoms with van der Waals surface area (Å²) in [6.45, 7) is 10.1. The zero-order valence-electron chi connectivity index (χ0n) is 19.3. The number of guanidine groups is 1. The van der Waals surface area contributed by atoms with Crippen molar-refractivity contribution in [1.29, 1.82) is 0 Å². The molecule has 0 aliphatic rings. The van der Waals surface area contributed by atoms with E-state index in [0.29, 0.717) is 12.6 Å². The van der Waals surface area contributed by atoms with E-state index >= 15 is 0 Å². The van der Waals surface area contributed by atoms with Crippen LogP contribution >= 0.6 is 11.3 Å². The number of hydrogen-bond donors (Lipinski definition) is 1. The van der Waals surface area contributed by atoms with Crippen molar-refractivity contribution in [3.8, 4) is 0 Å². The first kappa shape index (κ1) is 24.3. The average Bonchev–Trinajstić information content (AvgIpc) is 3.23. The molecule has 7 heteroatoms. The van der Waals surface area contributed by atoms with E-state index in [2.05, 4.69) is 76.7 Å². The molecule has 1 N–H and O–H groups in total. The van der Waals surface area contributed by atoms with Gasteiger partial charge in [-0.2, -0.15) is 0 Å². The highest BCUT2D eigenvalue weighted by molar-refractivity contribution is 7.09. The Bertz CT molecular complexity index is 760. The van der Waals surface area contributed by atoms with Crippen LogP contribution in [0.2, 0.25) is 0 Å². The standard InChI is InChI=1S/C23H37N5OS/c1-7-28(8-2)21(14-19-12-10-9-11-13-19)15-25-23(24-4)27(5)16-20-17-30-22(26-20)18(3)29-6/h9-13,17-18,21H,7-8,14-16H2,1-6H3,(H,24,25). The molecule has 0 aliphatic heterocycles. The smallest absolute Gasteiger partial charge is 0.193 e. The van der Waals surface area contributed by atoms with Crippen molar-refractivity contribution in [2.24, 2.45) is 4.99 Å². The molecule has 1 aromatic carbocycles. The van der Waals surface area contributed by atoms with Crippen LogP contribution in [0.5, 0.6) is 0 Å². The van der Waals surface area contributed by atoms with Gasteiger partial charge in [-0.05, 0) is 32.0 Å². The Labute approximate surface area is 186 Å². The highest BCUT2D eigenvalue weighted by atomic mass is 32.1. The maximum atomic E-state index is 5.37. The van der Waals surface area contributed by atoms with Crippen LogP contribution in [-0.4, -0.2) is 67.6 Å². The first-order valence-electron chi connectivity index (χ1n) is 10.7. The molecule has 2 rings (SSSR count). The van der Waals surface area contributed by atoms with Crippen molar-refractivity contribution in [2.45, 2.75) is 45.9 Å². The molecule has 0 saturated heterocycles. The fourth-order valence-electron chi connectivity index (χ4n) is 3.55. The van der Waals surface area contributed by atoms with Crippen LogP contribution in [0.3, 0.4) is 0 Å². The van der Waals surface area contributed by atoms with Crippen LogP contribution in [-0.2, 0) is 17.7 Å². The molecule has 0 fully saturated rings. The predicted octanol–water partition coefficient (Wildman–Crippen LogP) is 3.81. The highest BCUT2D eigenvalue weighted by Crippen LogP contribution is 2.21. The number of rotatable bonds is 11. The Hall–Kier alpha value is -1.96. The van der Waals surface area contributed by atoms with Gasteiger partial charge < -0.3 is 15.0 Å². The quantitative estimate of drug-likeness (QED) is 0.433. The Morgan fingerprint density at radius 1 is 1.23 bits per heavy atom. The number of aliphatic imine (C=N–C) groups is 1. The second-order valence-electron chi connectivity index (χ2n) is 7.40. The third-order valence-electron chi connectivity index (χ3n) is 5.38. The third kappa shape index (κ3) is 7.07. The number of likely N-dealkylation sites (N-methyl/N-ethyl adjacent to an activating group) is 1. The Kier molecular flexibility index (Phi) is 10.3. The lowest BCUT2D eigenvalue weighted by Gasteiger charge is -2.31. The average molecular weight is 432 g/mol. The van der Waals surface area contributed by atoms with Crippen LogP contribution in [0, 0.1) is 0 Å². The van der Waals surface area contributed by atoms with Gasteiger partial charge in [0.2, 0.25) is 0 Å². The Morgan fingerprint density at radius 3 is 2.53 bits per heavy atom. The van der Waals surface area contributed by atoms with E-state index in [1.807, 2.05) is 14.0 Å². The molecule has 0 bridgehead atoms. The largest absolute Gasteiger partial charge is 0.375 e. The molecule has 0 spiro atoms. The molecule has 1 heterocycles. The lowest BCUT2D eigenvalue weighted by atomic mass is 10.0. The minimum absolute atomic E-state index is 0.0271. The van der Waals surface area contributed by atoms with Crippen molar-refractivity contribution < 1.29 is 4.74 Å². The minimum atomic E-state index is 0.0271. The van der Waals surface area contributed by atoms with Gasteiger partial charge in [-0.3, -0.25) is 9.89 Å². The van der Waals surface area contributed by atoms with E-state index < -0.39 is 0 Å². The maximum absolute atomic E-state index is 5.37. The van der Waals surface area contributed by atoms with Crippen molar-refractivity contribution in [2.75, 3.05) is 40.8 Å². The summed E-state index contributed by atoms with van der Waals surface area (Å²) in [6, 6.07) is 11.1. The lowest BCUT2D eigenvalue weighted by molar-refractivity contribution is 0.119. The third-order valence-corrected chi connectivity index (χ3v) is 6.44. The zero-order valence-corrected chi connectivity index (χ0v) is 20.1. The summed E-state index contributed by atoms with van der Waals surface area (Å²) >= 11 is 1.64. The zero-order chi connectivity index (χ0) is 21.9. The monoisotopic (exact) mass is 431 g/mol. The van der Waals surface area contributed by atoms with Crippen molar-refractivity contribution in [3.05, 3.63) is 52.0 Å². The molecular formula is C23H37N5OS. The molecule has 2 atom stereocenters. The van der Waals surface area contributed by atoms with Gasteiger partial charge in [0.05, 0.1) is 12.2 Å². The van der Waals surface area contributed by atoms with Crippen LogP contribution < -0.4 is 5.32 Å². The number of nitrogens with one attached hydrogen (secondary N) is 1. The summed E-state index contributed by atoms with van der Waals surface area (Å²) in [5.74, 6) is 0.884. The SMILES string of the molecule is CCN(CC)C(CNC(=NC)N(C)Cc1csc(C(C)OC)n1)Cc1ccccc1. The Balaban J connectivity index is 2.00. The first-order chi connectivity index (χ1) is 14.5. The van der Waals surface area contributed by atoms with Crippen molar-refractivity contribution in [1.82, 2.24) is 20.1 Å². The molecular weight excluding hydrogens is 394 g/mol. The summed E-state index contributed by atoms with van der Waals surface area (Å²) < 4.78 is 5.37. The van der Waals surface area contributed by atoms with E-state index in [4.69, 9.17) is 9.72 Å². The van der Waals surface area contributed by atoms with E-state index in [1.165, 1.54) is 5.56 Å². The van der Waals surface area contributed by atoms with Gasteiger partial charge in [0.15, 0.2) is 5.96 Å². The van der Waals surface area contributed by atoms with Crippen LogP contribution in [0.4, 0.5) is 0 Å². The second-order valence-corrected chi connectivity index (χ2v) is 8.29. The second kappa shape index (κ2) is 12.7. The first-order valence-corrected chi connectivity index (χ1v) is 11.6. The molecule has 1 aromatic heterocycles. The van der Waals surface area contributed by atoms with Gasteiger partial charge in [-0.15, -0.1) is 11.3 Å². The van der Waals surface area contributed by atoms with Crippen molar-refractivity contribution >= 4 is 17.3 Å². The molecule has 0 saturated carbocycles. The normalized spacial score (nSPS) is 14.0. The number of thiazole rings is 1. The predicted molar refractivity (Wildman–Crippen MR) is 127 cm³/mol. The summed E-state index contributed by atoms with van der Waals surface area (Å²) in [5.41, 5.74) is 2.40. The Morgan fingerprint density at radius 2 is 1.93 bits per heavy atom. The van der Waals surface area contributed by atoms with E-state index in [-0.39, 0.29) is 6.10 Å². The number of aromatic nitrogens is 1. The lowest BCUT2D eigenvalue weighted by Crippen LogP contribution is -2.48. The van der Waals surface area contributed by atoms with Crippen LogP contribution in [0.15, 0.2) is 40.7 Å². The van der Waals surface area contributed by atoms with E-state index in [0.717, 1.165) is 42.7 Å². The molecule has 6 nitrogen and oxygen atoms in total. The van der Waals surface area contributed by atoms with Crippen LogP contribution in [0.25, 0.3) is 0 Å². The maximum Gasteiger partial charge on any atom is 0.193 e. The number of benzene rings is 1. The topological polar surface area (TPSA) is 53.0 Å². The molecule has 2 unspecified atom stereocenters. The number of methoxy groups -OCH3 is 1. The highest BCUT2D eigenvalue weighted by Gasteiger charge is 2.18. The molecule has 2 aromatic rings. The van der Waals surface area contributed by atoms with Gasteiger partial charge in [0.25, 0.3) is 0 Å². The molecule has 166 valence electrons. The summed E-state index contributed by atoms with van der Waals surface area (Å²) in [7, 11) is 5.60. The summed E-state index contributed by atoms with van der Waals surface area (Å²) in [4.78, 5) is 13.8. The number of nitrogens with zero attached hydrogens (tertiary/aromatic N) is 4. The minimum Gasteiger partial charge on any atom is -0.375 e. The van der Waals surface area contributed by atoms with Crippen LogP contribution in [0.1, 0.15) is 43.1 Å². The fraction of sp³-hybridized carbons (Fsp3) is 0.565. The fourth-order valence-corrected chi connectivity index (χ4v) is 4.39. The molecule has 0 aliphatic carbocycles. The van der Waals surface area contributed by atoms with Crippen molar-refractivity contribution in [3.63, 3.8) is 0 Å². The van der Waals surface area contributed by atoms with Gasteiger partial charge in [0.1, 0.15) is 11.1 Å². The van der Waals surface area contributed by atoms with Gasteiger partial charge in [-0.25, -0.2) is 4.98 Å². The number of ether oxygens (including phenoxy) is 1. The molecule has 0 amide bonds. The van der Waals surface area contributed by atoms with Gasteiger partial charge in [-0.1, -0.05) is 44.2 Å². The van der Waals surface area contributed by atoms with E-state index in [1.54, 1.807) is 18.4 Å². The van der Waals surface area contributed by atoms with E-state index in [9.17, 15) is 0 Å². The summed E-state index contributed by atoms with van der Waals surface area (Å²) in [6.07, 6.45) is 1.04. The number of hydrogen-bond acceptors (Lipinski definition) is 5. The molecule has 30 heavy (non-hydrogen) atoms. The van der Waals surface area contributed by atoms with Gasteiger partial charge >= 0.3 is 0 Å². The molecule has 0 radical (unpaired) electrons.